The number of carbonyl (C=O) groups is 11. The zero-order valence-electron chi connectivity index (χ0n) is 60.5. The van der Waals surface area contributed by atoms with Crippen LogP contribution in [0.15, 0.2) is 30.3 Å². The van der Waals surface area contributed by atoms with Gasteiger partial charge in [-0.15, -0.1) is 0 Å². The van der Waals surface area contributed by atoms with Gasteiger partial charge in [-0.1, -0.05) is 85.7 Å². The topological polar surface area (TPSA) is 355 Å². The van der Waals surface area contributed by atoms with Crippen LogP contribution in [-0.4, -0.2) is 205 Å². The van der Waals surface area contributed by atoms with Crippen LogP contribution in [0.1, 0.15) is 166 Å². The molecule has 0 spiro atoms. The minimum atomic E-state index is -1.18. The highest BCUT2D eigenvalue weighted by Gasteiger charge is 2.44. The summed E-state index contributed by atoms with van der Waals surface area (Å²) in [6.45, 7) is 22.4. The molecule has 0 saturated carbocycles. The summed E-state index contributed by atoms with van der Waals surface area (Å²) in [7, 11) is 0. The molecule has 3 aliphatic rings. The van der Waals surface area contributed by atoms with E-state index in [0.29, 0.717) is 64.7 Å². The summed E-state index contributed by atoms with van der Waals surface area (Å²) in [6.07, 6.45) is -0.857. The van der Waals surface area contributed by atoms with Gasteiger partial charge in [0.15, 0.2) is 24.7 Å². The van der Waals surface area contributed by atoms with Gasteiger partial charge in [0.25, 0.3) is 0 Å². The average Bonchev–Trinajstić information content (AvgIpc) is 0.826. The highest BCUT2D eigenvalue weighted by molar-refractivity contribution is 6.01. The van der Waals surface area contributed by atoms with Gasteiger partial charge in [-0.3, -0.25) is 52.8 Å². The third-order valence-corrected chi connectivity index (χ3v) is 19.1. The highest BCUT2D eigenvalue weighted by atomic mass is 16.7. The summed E-state index contributed by atoms with van der Waals surface area (Å²) in [5, 5.41) is 16.6. The monoisotopic (exact) mass is 1400 g/mol. The summed E-state index contributed by atoms with van der Waals surface area (Å²) in [4.78, 5) is 143. The lowest BCUT2D eigenvalue weighted by Gasteiger charge is -2.44. The van der Waals surface area contributed by atoms with Gasteiger partial charge in [-0.2, -0.15) is 0 Å². The number of rotatable bonds is 45. The van der Waals surface area contributed by atoms with Gasteiger partial charge < -0.3 is 79.3 Å². The Hall–Kier alpha value is -6.69. The molecule has 1 aromatic carbocycles. The smallest absolute Gasteiger partial charge is 0.407 e. The first-order valence-electron chi connectivity index (χ1n) is 35.4. The molecule has 7 unspecified atom stereocenters. The van der Waals surface area contributed by atoms with Crippen LogP contribution in [-0.2, 0) is 102 Å². The van der Waals surface area contributed by atoms with Crippen LogP contribution < -0.4 is 31.9 Å². The molecule has 3 aliphatic heterocycles. The minimum Gasteiger partial charge on any atom is -0.463 e. The fourth-order valence-electron chi connectivity index (χ4n) is 12.1. The standard InChI is InChI=1S/C71H115N7O21/c1-44-46(3)60(41-93-53(10)80)97-68(50(44)7)90-33-21-18-29-72-63(85)28-27-57(83)38-78(39-66(88)76-37-65(87)74-31-20-23-35-92-70-67(77-52(9)79)49(6)48(5)62(99-70)43-95-55(12)82)58(26-16-17-32-75-71(89)96-40-56-24-14-13-15-25-56)59(84)36-64(86)73-30-19-22-34-91-69-51(8)45(2)47(4)61(98-69)42-94-54(11)81/h13-15,24-25,44-51,58,60-62,67-70H,16-23,26-43H2,1-12H3,(H,72,85)(H,73,86)(H,74,87)(H,75,89)(H,76,88)(H,77,79)/t44-,45-,46+,47+,48+,49-,50?,51?,58?,60?,61?,62?,67?,68+,69+,70+/m0/s1. The Labute approximate surface area is 584 Å². The molecule has 0 aromatic heterocycles. The van der Waals surface area contributed by atoms with Crippen molar-refractivity contribution in [3.05, 3.63) is 35.9 Å². The fraction of sp³-hybridized carbons (Fsp3) is 0.761. The number of esters is 3. The minimum absolute atomic E-state index is 0.0273. The molecule has 3 saturated heterocycles. The van der Waals surface area contributed by atoms with Gasteiger partial charge in [0.1, 0.15) is 32.2 Å². The van der Waals surface area contributed by atoms with Crippen molar-refractivity contribution in [2.45, 2.75) is 216 Å². The Morgan fingerprint density at radius 2 is 0.909 bits per heavy atom. The van der Waals surface area contributed by atoms with Crippen molar-refractivity contribution in [2.75, 3.05) is 85.5 Å². The molecule has 0 aliphatic carbocycles. The van der Waals surface area contributed by atoms with Crippen LogP contribution in [0.5, 0.6) is 0 Å². The molecule has 6 N–H and O–H groups in total. The van der Waals surface area contributed by atoms with Crippen LogP contribution in [0.3, 0.4) is 0 Å². The van der Waals surface area contributed by atoms with E-state index < -0.39 is 116 Å². The van der Waals surface area contributed by atoms with Gasteiger partial charge in [0.05, 0.1) is 56.5 Å². The summed E-state index contributed by atoms with van der Waals surface area (Å²) >= 11 is 0. The van der Waals surface area contributed by atoms with Crippen molar-refractivity contribution >= 4 is 65.1 Å². The number of unbranched alkanes of at least 4 members (excludes halogenated alkanes) is 4. The first kappa shape index (κ1) is 84.7. The van der Waals surface area contributed by atoms with E-state index in [0.717, 1.165) is 5.56 Å². The van der Waals surface area contributed by atoms with E-state index >= 15 is 0 Å². The third-order valence-electron chi connectivity index (χ3n) is 19.1. The molecular weight excluding hydrogens is 1290 g/mol. The Morgan fingerprint density at radius 3 is 1.41 bits per heavy atom. The number of nitrogens with one attached hydrogen (secondary N) is 6. The Balaban J connectivity index is 1.39. The molecule has 560 valence electrons. The van der Waals surface area contributed by atoms with Gasteiger partial charge in [0.2, 0.25) is 29.5 Å². The molecule has 4 rings (SSSR count). The van der Waals surface area contributed by atoms with Crippen molar-refractivity contribution in [1.82, 2.24) is 36.8 Å². The predicted molar refractivity (Wildman–Crippen MR) is 362 cm³/mol. The Morgan fingerprint density at radius 1 is 0.455 bits per heavy atom. The van der Waals surface area contributed by atoms with E-state index in [4.69, 9.17) is 47.4 Å². The van der Waals surface area contributed by atoms with Crippen LogP contribution in [0, 0.1) is 47.3 Å². The molecule has 3 fully saturated rings. The molecule has 1 aromatic rings. The number of hydrogen-bond acceptors (Lipinski definition) is 22. The third kappa shape index (κ3) is 32.2. The molecule has 6 amide bonds. The molecule has 16 atom stereocenters. The second-order valence-electron chi connectivity index (χ2n) is 26.8. The zero-order valence-corrected chi connectivity index (χ0v) is 60.5. The summed E-state index contributed by atoms with van der Waals surface area (Å²) in [6, 6.07) is 7.48. The summed E-state index contributed by atoms with van der Waals surface area (Å²) < 4.78 is 58.0. The maximum atomic E-state index is 14.5. The van der Waals surface area contributed by atoms with Crippen molar-refractivity contribution in [3.63, 3.8) is 0 Å². The van der Waals surface area contributed by atoms with Crippen LogP contribution in [0.2, 0.25) is 0 Å². The van der Waals surface area contributed by atoms with Crippen molar-refractivity contribution in [2.24, 2.45) is 47.3 Å². The van der Waals surface area contributed by atoms with Gasteiger partial charge >= 0.3 is 24.0 Å². The zero-order chi connectivity index (χ0) is 73.0. The number of carbonyl (C=O) groups excluding carboxylic acids is 11. The van der Waals surface area contributed by atoms with E-state index in [1.54, 1.807) is 0 Å². The molecule has 0 bridgehead atoms. The lowest BCUT2D eigenvalue weighted by molar-refractivity contribution is -0.255. The number of amides is 6. The van der Waals surface area contributed by atoms with E-state index in [1.165, 1.54) is 32.6 Å². The molecule has 28 nitrogen and oxygen atoms in total. The molecule has 0 radical (unpaired) electrons. The number of Topliss-reactive ketones (excluding diaryl/α,β-unsaturated/α-hetero) is 2. The van der Waals surface area contributed by atoms with Crippen LogP contribution in [0.25, 0.3) is 0 Å². The van der Waals surface area contributed by atoms with Crippen LogP contribution >= 0.6 is 0 Å². The van der Waals surface area contributed by atoms with Crippen molar-refractivity contribution in [1.29, 1.82) is 0 Å². The predicted octanol–water partition coefficient (Wildman–Crippen LogP) is 5.37. The van der Waals surface area contributed by atoms with E-state index in [9.17, 15) is 52.7 Å². The Kier molecular flexibility index (Phi) is 39.3. The largest absolute Gasteiger partial charge is 0.463 e. The SMILES string of the molecule is CC(=O)NC1[C@H](OCCCCNC(=O)CNC(=O)CN(CC(=O)CCC(=O)NCCCCO[C@@H]2OC(COC(C)=O)[C@H](C)[C@H](C)C2C)C(CCCCNC(=O)OCc2ccccc2)C(=O)CC(=O)NCCCCO[C@@H]2OC(COC(C)=O)[C@H](C)[C@H](C)C2C)OC(COC(C)=O)[C@H](C)[C@@H]1C. The Bertz CT molecular complexity index is 2690. The molecule has 28 heteroatoms. The van der Waals surface area contributed by atoms with E-state index in [1.807, 2.05) is 51.1 Å². The van der Waals surface area contributed by atoms with Crippen molar-refractivity contribution in [3.8, 4) is 0 Å². The maximum absolute atomic E-state index is 14.5. The van der Waals surface area contributed by atoms with Crippen LogP contribution in [0.4, 0.5) is 4.79 Å². The van der Waals surface area contributed by atoms with E-state index in [-0.39, 0.29) is 150 Å². The fourth-order valence-corrected chi connectivity index (χ4v) is 12.1. The highest BCUT2D eigenvalue weighted by Crippen LogP contribution is 2.37. The number of benzene rings is 1. The molecular formula is C71H115N7O21. The lowest BCUT2D eigenvalue weighted by atomic mass is 9.79. The normalized spacial score (nSPS) is 25.4. The second kappa shape index (κ2) is 45.9. The molecule has 3 heterocycles. The number of hydrogen-bond donors (Lipinski definition) is 6. The lowest BCUT2D eigenvalue weighted by Crippen LogP contribution is -2.58. The number of alkyl carbamates (subject to hydrolysis) is 1. The first-order chi connectivity index (χ1) is 47.1. The molecule has 99 heavy (non-hydrogen) atoms. The average molecular weight is 1400 g/mol. The second-order valence-corrected chi connectivity index (χ2v) is 26.8. The van der Waals surface area contributed by atoms with Gasteiger partial charge in [-0.05, 0) is 98.9 Å². The summed E-state index contributed by atoms with van der Waals surface area (Å²) in [5.74, 6) is -4.02. The maximum Gasteiger partial charge on any atom is 0.407 e. The van der Waals surface area contributed by atoms with Gasteiger partial charge in [0, 0.05) is 98.4 Å². The quantitative estimate of drug-likeness (QED) is 0.0207. The summed E-state index contributed by atoms with van der Waals surface area (Å²) in [5.41, 5.74) is 0.795. The number of ketones is 2. The first-order valence-corrected chi connectivity index (χ1v) is 35.4. The number of nitrogens with zero attached hydrogens (tertiary/aromatic N) is 1. The van der Waals surface area contributed by atoms with Gasteiger partial charge in [-0.25, -0.2) is 4.79 Å². The van der Waals surface area contributed by atoms with E-state index in [2.05, 4.69) is 66.5 Å². The van der Waals surface area contributed by atoms with Crippen molar-refractivity contribution < 1.29 is 100 Å². The number of ether oxygens (including phenoxy) is 10.